The second-order valence-electron chi connectivity index (χ2n) is 13.6. The molecule has 0 spiro atoms. The monoisotopic (exact) mass is 709 g/mol. The molecule has 1 heterocycles. The maximum Gasteiger partial charge on any atom is 0.220 e. The Kier molecular flexibility index (Phi) is 14.4. The number of ether oxygens (including phenoxy) is 2. The molecule has 0 aromatic heterocycles. The molecule has 1 aliphatic rings. The number of carbonyl (C=O) groups excluding carboxylic acids is 2. The Morgan fingerprint density at radius 3 is 2.33 bits per heavy atom. The van der Waals surface area contributed by atoms with Gasteiger partial charge in [0.1, 0.15) is 5.75 Å². The maximum absolute atomic E-state index is 12.4. The van der Waals surface area contributed by atoms with E-state index < -0.39 is 12.4 Å². The number of likely N-dealkylation sites (N-methyl/N-ethyl adjacent to an activating group) is 1. The van der Waals surface area contributed by atoms with E-state index in [9.17, 15) is 24.9 Å². The quantitative estimate of drug-likeness (QED) is 0.0833. The molecule has 0 aliphatic carbocycles. The molecular formula is C42H51N3O7. The molecule has 10 heteroatoms. The Labute approximate surface area is 306 Å². The van der Waals surface area contributed by atoms with Gasteiger partial charge in [0, 0.05) is 51.5 Å². The average molecular weight is 710 g/mol. The first-order valence-electron chi connectivity index (χ1n) is 18.0. The molecule has 2 amide bonds. The molecule has 4 atom stereocenters. The summed E-state index contributed by atoms with van der Waals surface area (Å²) in [7, 11) is 1.94. The van der Waals surface area contributed by atoms with E-state index in [-0.39, 0.29) is 36.4 Å². The first-order valence-corrected chi connectivity index (χ1v) is 18.0. The number of carbonyl (C=O) groups is 2. The Balaban J connectivity index is 1.21. The fourth-order valence-corrected chi connectivity index (χ4v) is 6.42. The highest BCUT2D eigenvalue weighted by atomic mass is 16.7. The van der Waals surface area contributed by atoms with Gasteiger partial charge in [-0.1, -0.05) is 85.3 Å². The summed E-state index contributed by atoms with van der Waals surface area (Å²) in [5, 5.41) is 36.1. The standard InChI is InChI=1S/C42H51N3O7/c1-29(47)43-21-5-3-4-12-41(50)44-25-31-8-6-9-35(22-31)32-17-19-34(20-18-32)42-51-38(24-40(52-42)33-15-13-30(28-46)14-16-33)26-45(2)27-39(49)36-10-7-11-37(48)23-36/h6-11,13-20,22-23,38-40,42,46,48-49H,3-5,12,21,24-28H2,1-2H3,(H,43,47)(H,44,50)/t38-,39+,40+,42+/m0/s1. The summed E-state index contributed by atoms with van der Waals surface area (Å²) in [6.07, 6.45) is 1.77. The number of hydrogen-bond acceptors (Lipinski definition) is 8. The van der Waals surface area contributed by atoms with E-state index in [2.05, 4.69) is 16.7 Å². The summed E-state index contributed by atoms with van der Waals surface area (Å²) in [4.78, 5) is 25.4. The Morgan fingerprint density at radius 2 is 1.60 bits per heavy atom. The van der Waals surface area contributed by atoms with Gasteiger partial charge in [0.25, 0.3) is 0 Å². The predicted molar refractivity (Wildman–Crippen MR) is 200 cm³/mol. The normalized spacial score (nSPS) is 17.8. The zero-order valence-electron chi connectivity index (χ0n) is 30.0. The van der Waals surface area contributed by atoms with Crippen LogP contribution in [0.1, 0.15) is 85.3 Å². The molecule has 276 valence electrons. The zero-order chi connectivity index (χ0) is 36.9. The minimum atomic E-state index is -0.769. The largest absolute Gasteiger partial charge is 0.508 e. The summed E-state index contributed by atoms with van der Waals surface area (Å²) in [6.45, 7) is 3.48. The van der Waals surface area contributed by atoms with Crippen molar-refractivity contribution < 1.29 is 34.4 Å². The van der Waals surface area contributed by atoms with Crippen LogP contribution in [-0.2, 0) is 32.2 Å². The number of amides is 2. The lowest BCUT2D eigenvalue weighted by molar-refractivity contribution is -0.252. The third kappa shape index (κ3) is 11.7. The van der Waals surface area contributed by atoms with Crippen molar-refractivity contribution in [1.29, 1.82) is 0 Å². The van der Waals surface area contributed by atoms with E-state index in [1.807, 2.05) is 78.7 Å². The van der Waals surface area contributed by atoms with E-state index in [1.165, 1.54) is 6.92 Å². The number of nitrogens with zero attached hydrogens (tertiary/aromatic N) is 1. The van der Waals surface area contributed by atoms with Crippen molar-refractivity contribution >= 4 is 11.8 Å². The van der Waals surface area contributed by atoms with Crippen LogP contribution in [0.4, 0.5) is 0 Å². The van der Waals surface area contributed by atoms with Crippen LogP contribution in [0.5, 0.6) is 5.75 Å². The number of rotatable bonds is 17. The van der Waals surface area contributed by atoms with Gasteiger partial charge in [-0.25, -0.2) is 0 Å². The molecule has 4 aromatic carbocycles. The van der Waals surface area contributed by atoms with E-state index in [4.69, 9.17) is 9.47 Å². The van der Waals surface area contributed by atoms with Gasteiger partial charge in [0.15, 0.2) is 6.29 Å². The topological polar surface area (TPSA) is 141 Å². The Bertz CT molecular complexity index is 1730. The maximum atomic E-state index is 12.4. The van der Waals surface area contributed by atoms with Gasteiger partial charge in [-0.05, 0) is 71.5 Å². The summed E-state index contributed by atoms with van der Waals surface area (Å²) in [5.74, 6) is 0.0996. The van der Waals surface area contributed by atoms with Gasteiger partial charge in [-0.15, -0.1) is 0 Å². The van der Waals surface area contributed by atoms with Crippen LogP contribution in [0, 0.1) is 0 Å². The van der Waals surface area contributed by atoms with Crippen molar-refractivity contribution in [3.05, 3.63) is 125 Å². The lowest BCUT2D eigenvalue weighted by Crippen LogP contribution is -2.39. The molecule has 0 bridgehead atoms. The molecule has 5 rings (SSSR count). The number of hydrogen-bond donors (Lipinski definition) is 5. The number of aromatic hydroxyl groups is 1. The summed E-state index contributed by atoms with van der Waals surface area (Å²) in [5.41, 5.74) is 6.44. The van der Waals surface area contributed by atoms with Gasteiger partial charge < -0.3 is 40.3 Å². The molecule has 5 N–H and O–H groups in total. The van der Waals surface area contributed by atoms with E-state index in [0.717, 1.165) is 52.6 Å². The molecule has 1 aliphatic heterocycles. The third-order valence-corrected chi connectivity index (χ3v) is 9.26. The summed E-state index contributed by atoms with van der Waals surface area (Å²) >= 11 is 0. The van der Waals surface area contributed by atoms with Gasteiger partial charge in [0.2, 0.25) is 11.8 Å². The highest BCUT2D eigenvalue weighted by molar-refractivity contribution is 5.76. The summed E-state index contributed by atoms with van der Waals surface area (Å²) in [6, 6.07) is 30.7. The zero-order valence-corrected chi connectivity index (χ0v) is 30.0. The van der Waals surface area contributed by atoms with Crippen molar-refractivity contribution in [2.24, 2.45) is 0 Å². The second kappa shape index (κ2) is 19.3. The fraction of sp³-hybridized carbons (Fsp3) is 0.381. The van der Waals surface area contributed by atoms with E-state index >= 15 is 0 Å². The number of unbranched alkanes of at least 4 members (excludes halogenated alkanes) is 2. The van der Waals surface area contributed by atoms with Crippen LogP contribution in [0.2, 0.25) is 0 Å². The van der Waals surface area contributed by atoms with Gasteiger partial charge in [-0.2, -0.15) is 0 Å². The molecule has 1 fully saturated rings. The number of phenols is 1. The molecule has 10 nitrogen and oxygen atoms in total. The minimum absolute atomic E-state index is 0.0153. The van der Waals surface area contributed by atoms with E-state index in [1.54, 1.807) is 24.3 Å². The Morgan fingerprint density at radius 1 is 0.846 bits per heavy atom. The van der Waals surface area contributed by atoms with Crippen LogP contribution in [0.15, 0.2) is 97.1 Å². The lowest BCUT2D eigenvalue weighted by Gasteiger charge is -2.38. The molecule has 52 heavy (non-hydrogen) atoms. The number of aliphatic hydroxyl groups is 2. The fourth-order valence-electron chi connectivity index (χ4n) is 6.42. The number of benzene rings is 4. The SMILES string of the molecule is CC(=O)NCCCCCC(=O)NCc1cccc(-c2ccc([C@@H]3O[C@H](CN(C)C[C@@H](O)c4cccc(O)c4)C[C@H](c4ccc(CO)cc4)O3)cc2)c1. The molecule has 0 radical (unpaired) electrons. The lowest BCUT2D eigenvalue weighted by atomic mass is 9.98. The Hall–Kier alpha value is -4.58. The van der Waals surface area contributed by atoms with Crippen LogP contribution in [0.25, 0.3) is 11.1 Å². The van der Waals surface area contributed by atoms with Crippen LogP contribution >= 0.6 is 0 Å². The minimum Gasteiger partial charge on any atom is -0.508 e. The van der Waals surface area contributed by atoms with Crippen molar-refractivity contribution in [2.75, 3.05) is 26.7 Å². The first-order chi connectivity index (χ1) is 25.2. The molecule has 4 aromatic rings. The first kappa shape index (κ1) is 38.6. The van der Waals surface area contributed by atoms with Crippen molar-refractivity contribution in [2.45, 2.75) is 76.8 Å². The molecular weight excluding hydrogens is 658 g/mol. The van der Waals surface area contributed by atoms with Crippen LogP contribution in [-0.4, -0.2) is 64.8 Å². The van der Waals surface area contributed by atoms with Crippen LogP contribution < -0.4 is 10.6 Å². The molecule has 0 saturated carbocycles. The van der Waals surface area contributed by atoms with Crippen molar-refractivity contribution in [3.63, 3.8) is 0 Å². The van der Waals surface area contributed by atoms with Gasteiger partial charge in [-0.3, -0.25) is 9.59 Å². The number of phenolic OH excluding ortho intramolecular Hbond substituents is 1. The highest BCUT2D eigenvalue weighted by Gasteiger charge is 2.33. The van der Waals surface area contributed by atoms with E-state index in [0.29, 0.717) is 44.6 Å². The third-order valence-electron chi connectivity index (χ3n) is 9.26. The van der Waals surface area contributed by atoms with Crippen molar-refractivity contribution in [1.82, 2.24) is 15.5 Å². The summed E-state index contributed by atoms with van der Waals surface area (Å²) < 4.78 is 13.1. The van der Waals surface area contributed by atoms with Crippen LogP contribution in [0.3, 0.4) is 0 Å². The predicted octanol–water partition coefficient (Wildman–Crippen LogP) is 6.08. The average Bonchev–Trinajstić information content (AvgIpc) is 3.15. The second-order valence-corrected chi connectivity index (χ2v) is 13.6. The number of aliphatic hydroxyl groups excluding tert-OH is 2. The van der Waals surface area contributed by atoms with Gasteiger partial charge >= 0.3 is 0 Å². The number of nitrogens with one attached hydrogen (secondary N) is 2. The van der Waals surface area contributed by atoms with Gasteiger partial charge in [0.05, 0.1) is 24.9 Å². The smallest absolute Gasteiger partial charge is 0.220 e. The highest BCUT2D eigenvalue weighted by Crippen LogP contribution is 2.39. The molecule has 1 saturated heterocycles. The molecule has 0 unspecified atom stereocenters. The van der Waals surface area contributed by atoms with Crippen molar-refractivity contribution in [3.8, 4) is 16.9 Å².